The molecule has 0 aliphatic rings. The number of aliphatic hydroxyl groups is 1. The lowest BCUT2D eigenvalue weighted by Crippen LogP contribution is -2.38. The third kappa shape index (κ3) is 3.96. The van der Waals surface area contributed by atoms with Crippen molar-refractivity contribution in [3.63, 3.8) is 0 Å². The minimum atomic E-state index is -4.61. The van der Waals surface area contributed by atoms with Crippen molar-refractivity contribution in [3.05, 3.63) is 29.0 Å². The van der Waals surface area contributed by atoms with Crippen LogP contribution in [-0.4, -0.2) is 28.9 Å². The van der Waals surface area contributed by atoms with Gasteiger partial charge in [0.1, 0.15) is 5.15 Å². The molecule has 0 fully saturated rings. The monoisotopic (exact) mass is 254 g/mol. The summed E-state index contributed by atoms with van der Waals surface area (Å²) in [5.41, 5.74) is 0.582. The largest absolute Gasteiger partial charge is 0.415 e. The molecule has 0 saturated carbocycles. The van der Waals surface area contributed by atoms with E-state index in [0.717, 1.165) is 0 Å². The van der Waals surface area contributed by atoms with E-state index >= 15 is 0 Å². The van der Waals surface area contributed by atoms with Crippen LogP contribution in [0.3, 0.4) is 0 Å². The van der Waals surface area contributed by atoms with E-state index in [2.05, 4.69) is 10.3 Å². The Bertz CT molecular complexity index is 346. The fourth-order valence-electron chi connectivity index (χ4n) is 1.01. The molecule has 1 unspecified atom stereocenters. The van der Waals surface area contributed by atoms with Gasteiger partial charge in [0.05, 0.1) is 0 Å². The van der Waals surface area contributed by atoms with Crippen LogP contribution in [0.15, 0.2) is 18.3 Å². The molecule has 0 spiro atoms. The van der Waals surface area contributed by atoms with Gasteiger partial charge >= 0.3 is 6.18 Å². The Morgan fingerprint density at radius 2 is 2.19 bits per heavy atom. The molecule has 0 saturated heterocycles. The van der Waals surface area contributed by atoms with Crippen molar-refractivity contribution in [1.82, 2.24) is 10.3 Å². The number of hydrogen-bond acceptors (Lipinski definition) is 3. The highest BCUT2D eigenvalue weighted by molar-refractivity contribution is 6.30. The molecule has 0 radical (unpaired) electrons. The van der Waals surface area contributed by atoms with E-state index in [4.69, 9.17) is 16.7 Å². The van der Waals surface area contributed by atoms with Crippen molar-refractivity contribution in [2.24, 2.45) is 0 Å². The lowest BCUT2D eigenvalue weighted by atomic mass is 10.2. The molecule has 1 atom stereocenters. The fourth-order valence-corrected chi connectivity index (χ4v) is 1.20. The molecule has 1 rings (SSSR count). The van der Waals surface area contributed by atoms with Gasteiger partial charge in [-0.2, -0.15) is 13.2 Å². The van der Waals surface area contributed by atoms with Crippen LogP contribution in [-0.2, 0) is 6.54 Å². The molecule has 1 heterocycles. The van der Waals surface area contributed by atoms with Gasteiger partial charge in [-0.1, -0.05) is 17.7 Å². The fraction of sp³-hybridized carbons (Fsp3) is 0.444. The van der Waals surface area contributed by atoms with E-state index in [0.29, 0.717) is 5.56 Å². The highest BCUT2D eigenvalue weighted by atomic mass is 35.5. The zero-order valence-electron chi connectivity index (χ0n) is 8.13. The molecule has 2 N–H and O–H groups in total. The second kappa shape index (κ2) is 5.47. The standard InChI is InChI=1S/C9H10ClF3N2O/c10-8-6(2-1-3-15-8)4-14-5-7(16)9(11,12)13/h1-3,7,14,16H,4-5H2. The first-order valence-corrected chi connectivity index (χ1v) is 4.84. The summed E-state index contributed by atoms with van der Waals surface area (Å²) >= 11 is 5.69. The van der Waals surface area contributed by atoms with Gasteiger partial charge in [-0.05, 0) is 6.07 Å². The van der Waals surface area contributed by atoms with Crippen LogP contribution < -0.4 is 5.32 Å². The van der Waals surface area contributed by atoms with Crippen LogP contribution >= 0.6 is 11.6 Å². The third-order valence-corrected chi connectivity index (χ3v) is 2.21. The highest BCUT2D eigenvalue weighted by Crippen LogP contribution is 2.19. The second-order valence-corrected chi connectivity index (χ2v) is 3.50. The molecule has 0 aromatic carbocycles. The van der Waals surface area contributed by atoms with Gasteiger partial charge in [-0.25, -0.2) is 4.98 Å². The first-order chi connectivity index (χ1) is 7.41. The number of rotatable bonds is 4. The van der Waals surface area contributed by atoms with Crippen molar-refractivity contribution in [2.75, 3.05) is 6.54 Å². The van der Waals surface area contributed by atoms with Gasteiger partial charge in [0, 0.05) is 24.8 Å². The molecule has 1 aromatic rings. The first kappa shape index (κ1) is 13.2. The Hall–Kier alpha value is -0.850. The lowest BCUT2D eigenvalue weighted by Gasteiger charge is -2.15. The number of nitrogens with one attached hydrogen (secondary N) is 1. The molecular weight excluding hydrogens is 245 g/mol. The van der Waals surface area contributed by atoms with E-state index in [1.807, 2.05) is 0 Å². The average molecular weight is 255 g/mol. The molecule has 0 bridgehead atoms. The predicted molar refractivity (Wildman–Crippen MR) is 53.0 cm³/mol. The normalized spacial score (nSPS) is 13.8. The predicted octanol–water partition coefficient (Wildman–Crippen LogP) is 1.75. The van der Waals surface area contributed by atoms with E-state index in [1.165, 1.54) is 6.20 Å². The number of nitrogens with zero attached hydrogens (tertiary/aromatic N) is 1. The molecule has 0 aliphatic heterocycles. The molecular formula is C9H10ClF3N2O. The molecule has 16 heavy (non-hydrogen) atoms. The second-order valence-electron chi connectivity index (χ2n) is 3.14. The van der Waals surface area contributed by atoms with Crippen molar-refractivity contribution in [2.45, 2.75) is 18.8 Å². The average Bonchev–Trinajstić information content (AvgIpc) is 2.19. The Kier molecular flexibility index (Phi) is 4.52. The van der Waals surface area contributed by atoms with Crippen molar-refractivity contribution in [3.8, 4) is 0 Å². The van der Waals surface area contributed by atoms with Gasteiger partial charge in [-0.3, -0.25) is 0 Å². The van der Waals surface area contributed by atoms with Crippen molar-refractivity contribution in [1.29, 1.82) is 0 Å². The quantitative estimate of drug-likeness (QED) is 0.805. The number of hydrogen-bond donors (Lipinski definition) is 2. The Morgan fingerprint density at radius 1 is 1.50 bits per heavy atom. The van der Waals surface area contributed by atoms with Gasteiger partial charge < -0.3 is 10.4 Å². The maximum atomic E-state index is 11.9. The SMILES string of the molecule is OC(CNCc1cccnc1Cl)C(F)(F)F. The van der Waals surface area contributed by atoms with Gasteiger partial charge in [-0.15, -0.1) is 0 Å². The van der Waals surface area contributed by atoms with Gasteiger partial charge in [0.15, 0.2) is 6.10 Å². The smallest absolute Gasteiger partial charge is 0.382 e. The zero-order valence-corrected chi connectivity index (χ0v) is 8.89. The number of aromatic nitrogens is 1. The molecule has 90 valence electrons. The lowest BCUT2D eigenvalue weighted by molar-refractivity contribution is -0.201. The van der Waals surface area contributed by atoms with E-state index < -0.39 is 18.8 Å². The van der Waals surface area contributed by atoms with Crippen molar-refractivity contribution < 1.29 is 18.3 Å². The minimum Gasteiger partial charge on any atom is -0.382 e. The maximum Gasteiger partial charge on any atom is 0.415 e. The Morgan fingerprint density at radius 3 is 2.75 bits per heavy atom. The van der Waals surface area contributed by atoms with E-state index in [1.54, 1.807) is 12.1 Å². The summed E-state index contributed by atoms with van der Waals surface area (Å²) in [6.45, 7) is -0.450. The molecule has 0 aliphatic carbocycles. The molecule has 3 nitrogen and oxygen atoms in total. The number of halogens is 4. The van der Waals surface area contributed by atoms with Crippen LogP contribution in [0.4, 0.5) is 13.2 Å². The van der Waals surface area contributed by atoms with Crippen molar-refractivity contribution >= 4 is 11.6 Å². The minimum absolute atomic E-state index is 0.125. The molecule has 7 heteroatoms. The summed E-state index contributed by atoms with van der Waals surface area (Å²) in [5.74, 6) is 0. The van der Waals surface area contributed by atoms with Crippen LogP contribution in [0.2, 0.25) is 5.15 Å². The zero-order chi connectivity index (χ0) is 12.2. The highest BCUT2D eigenvalue weighted by Gasteiger charge is 2.37. The van der Waals surface area contributed by atoms with Crippen LogP contribution in [0.25, 0.3) is 0 Å². The molecule has 1 aromatic heterocycles. The van der Waals surface area contributed by atoms with Crippen LogP contribution in [0, 0.1) is 0 Å². The topological polar surface area (TPSA) is 45.1 Å². The summed E-state index contributed by atoms with van der Waals surface area (Å²) in [5, 5.41) is 11.4. The van der Waals surface area contributed by atoms with E-state index in [-0.39, 0.29) is 11.7 Å². The first-order valence-electron chi connectivity index (χ1n) is 4.46. The Labute approximate surface area is 95.3 Å². The maximum absolute atomic E-state index is 11.9. The number of pyridine rings is 1. The number of aliphatic hydroxyl groups excluding tert-OH is 1. The number of alkyl halides is 3. The third-order valence-electron chi connectivity index (χ3n) is 1.87. The summed E-state index contributed by atoms with van der Waals surface area (Å²) in [7, 11) is 0. The van der Waals surface area contributed by atoms with Crippen LogP contribution in [0.1, 0.15) is 5.56 Å². The van der Waals surface area contributed by atoms with Gasteiger partial charge in [0.2, 0.25) is 0 Å². The Balaban J connectivity index is 2.40. The summed E-state index contributed by atoms with van der Waals surface area (Å²) in [6, 6.07) is 3.27. The summed E-state index contributed by atoms with van der Waals surface area (Å²) in [4.78, 5) is 3.77. The summed E-state index contributed by atoms with van der Waals surface area (Å²) < 4.78 is 35.8. The van der Waals surface area contributed by atoms with Gasteiger partial charge in [0.25, 0.3) is 0 Å². The summed E-state index contributed by atoms with van der Waals surface area (Å²) in [6.07, 6.45) is -5.50. The molecule has 0 amide bonds. The van der Waals surface area contributed by atoms with Crippen LogP contribution in [0.5, 0.6) is 0 Å². The van der Waals surface area contributed by atoms with E-state index in [9.17, 15) is 13.2 Å².